The van der Waals surface area contributed by atoms with Crippen LogP contribution in [0.4, 0.5) is 5.69 Å². The van der Waals surface area contributed by atoms with Gasteiger partial charge in [0, 0.05) is 16.3 Å². The normalized spacial score (nSPS) is 10.4. The standard InChI is InChI=1S/C14H12ClNO2S/c15-12-7-11(16)4-5-13(12)19-8-9-2-1-3-10(6-9)14(17)18/h1-7H,8,16H2,(H,17,18). The molecule has 0 aliphatic rings. The summed E-state index contributed by atoms with van der Waals surface area (Å²) in [5, 5.41) is 9.54. The van der Waals surface area contributed by atoms with Gasteiger partial charge < -0.3 is 10.8 Å². The molecule has 0 fully saturated rings. The molecule has 0 aromatic heterocycles. The molecule has 0 aliphatic carbocycles. The zero-order valence-electron chi connectivity index (χ0n) is 9.97. The van der Waals surface area contributed by atoms with Crippen LogP contribution in [0, 0.1) is 0 Å². The maximum absolute atomic E-state index is 10.9. The number of aromatic carboxylic acids is 1. The molecule has 0 unspecified atom stereocenters. The summed E-state index contributed by atoms with van der Waals surface area (Å²) in [5.41, 5.74) is 7.49. The highest BCUT2D eigenvalue weighted by Crippen LogP contribution is 2.31. The first-order valence-corrected chi connectivity index (χ1v) is 6.92. The van der Waals surface area contributed by atoms with E-state index in [0.29, 0.717) is 22.0 Å². The Bertz CT molecular complexity index is 616. The molecule has 0 amide bonds. The highest BCUT2D eigenvalue weighted by Gasteiger charge is 2.05. The minimum absolute atomic E-state index is 0.293. The average molecular weight is 294 g/mol. The summed E-state index contributed by atoms with van der Waals surface area (Å²) >= 11 is 7.63. The molecule has 0 radical (unpaired) electrons. The fourth-order valence-corrected chi connectivity index (χ4v) is 2.80. The van der Waals surface area contributed by atoms with E-state index in [-0.39, 0.29) is 0 Å². The van der Waals surface area contributed by atoms with E-state index in [2.05, 4.69) is 0 Å². The first-order chi connectivity index (χ1) is 9.06. The molecule has 0 spiro atoms. The summed E-state index contributed by atoms with van der Waals surface area (Å²) in [5.74, 6) is -0.262. The molecular weight excluding hydrogens is 282 g/mol. The number of nitrogen functional groups attached to an aromatic ring is 1. The lowest BCUT2D eigenvalue weighted by atomic mass is 10.1. The van der Waals surface area contributed by atoms with Gasteiger partial charge in [0.05, 0.1) is 10.6 Å². The quantitative estimate of drug-likeness (QED) is 0.662. The second-order valence-electron chi connectivity index (χ2n) is 3.98. The minimum atomic E-state index is -0.919. The third kappa shape index (κ3) is 3.66. The largest absolute Gasteiger partial charge is 0.478 e. The van der Waals surface area contributed by atoms with Gasteiger partial charge in [-0.1, -0.05) is 23.7 Å². The van der Waals surface area contributed by atoms with Gasteiger partial charge >= 0.3 is 5.97 Å². The molecule has 0 atom stereocenters. The maximum Gasteiger partial charge on any atom is 0.335 e. The van der Waals surface area contributed by atoms with Gasteiger partial charge in [0.15, 0.2) is 0 Å². The van der Waals surface area contributed by atoms with E-state index < -0.39 is 5.97 Å². The summed E-state index contributed by atoms with van der Waals surface area (Å²) in [4.78, 5) is 11.8. The molecule has 3 N–H and O–H groups in total. The fourth-order valence-electron chi connectivity index (χ4n) is 1.59. The van der Waals surface area contributed by atoms with E-state index in [1.807, 2.05) is 12.1 Å². The number of rotatable bonds is 4. The van der Waals surface area contributed by atoms with Gasteiger partial charge in [0.2, 0.25) is 0 Å². The van der Waals surface area contributed by atoms with Crippen molar-refractivity contribution in [3.63, 3.8) is 0 Å². The summed E-state index contributed by atoms with van der Waals surface area (Å²) in [6.45, 7) is 0. The number of nitrogens with two attached hydrogens (primary N) is 1. The number of thioether (sulfide) groups is 1. The van der Waals surface area contributed by atoms with Crippen LogP contribution in [-0.2, 0) is 5.75 Å². The van der Waals surface area contributed by atoms with E-state index in [1.165, 1.54) is 0 Å². The number of carboxylic acids is 1. The minimum Gasteiger partial charge on any atom is -0.478 e. The van der Waals surface area contributed by atoms with Crippen molar-refractivity contribution in [3.05, 3.63) is 58.6 Å². The number of anilines is 1. The molecular formula is C14H12ClNO2S. The fraction of sp³-hybridized carbons (Fsp3) is 0.0714. The van der Waals surface area contributed by atoms with Crippen molar-refractivity contribution < 1.29 is 9.90 Å². The van der Waals surface area contributed by atoms with E-state index in [4.69, 9.17) is 22.4 Å². The van der Waals surface area contributed by atoms with Gasteiger partial charge in [-0.05, 0) is 35.9 Å². The number of halogens is 1. The summed E-state index contributed by atoms with van der Waals surface area (Å²) in [6, 6.07) is 12.2. The second kappa shape index (κ2) is 5.99. The van der Waals surface area contributed by atoms with E-state index in [9.17, 15) is 4.79 Å². The smallest absolute Gasteiger partial charge is 0.335 e. The van der Waals surface area contributed by atoms with Crippen LogP contribution in [0.25, 0.3) is 0 Å². The Labute approximate surface area is 120 Å². The molecule has 98 valence electrons. The second-order valence-corrected chi connectivity index (χ2v) is 5.41. The summed E-state index contributed by atoms with van der Waals surface area (Å²) < 4.78 is 0. The van der Waals surface area contributed by atoms with E-state index in [1.54, 1.807) is 42.1 Å². The van der Waals surface area contributed by atoms with Gasteiger partial charge in [-0.2, -0.15) is 0 Å². The maximum atomic E-state index is 10.9. The molecule has 2 aromatic carbocycles. The molecule has 0 bridgehead atoms. The Morgan fingerprint density at radius 3 is 2.74 bits per heavy atom. The monoisotopic (exact) mass is 293 g/mol. The zero-order chi connectivity index (χ0) is 13.8. The van der Waals surface area contributed by atoms with Crippen LogP contribution in [0.2, 0.25) is 5.02 Å². The van der Waals surface area contributed by atoms with Crippen LogP contribution in [0.1, 0.15) is 15.9 Å². The summed E-state index contributed by atoms with van der Waals surface area (Å²) in [7, 11) is 0. The predicted octanol–water partition coefficient (Wildman–Crippen LogP) is 3.91. The van der Waals surface area contributed by atoms with Gasteiger partial charge in [0.1, 0.15) is 0 Å². The van der Waals surface area contributed by atoms with Crippen molar-refractivity contribution in [2.24, 2.45) is 0 Å². The Morgan fingerprint density at radius 1 is 1.26 bits per heavy atom. The third-order valence-electron chi connectivity index (χ3n) is 2.52. The first kappa shape index (κ1) is 13.8. The average Bonchev–Trinajstić information content (AvgIpc) is 2.38. The van der Waals surface area contributed by atoms with E-state index in [0.717, 1.165) is 10.5 Å². The van der Waals surface area contributed by atoms with Crippen molar-refractivity contribution in [2.45, 2.75) is 10.6 Å². The number of hydrogen-bond acceptors (Lipinski definition) is 3. The van der Waals surface area contributed by atoms with Crippen molar-refractivity contribution >= 4 is 35.0 Å². The van der Waals surface area contributed by atoms with Crippen LogP contribution >= 0.6 is 23.4 Å². The molecule has 19 heavy (non-hydrogen) atoms. The van der Waals surface area contributed by atoms with Crippen LogP contribution in [0.5, 0.6) is 0 Å². The van der Waals surface area contributed by atoms with Crippen LogP contribution in [0.3, 0.4) is 0 Å². The lowest BCUT2D eigenvalue weighted by Gasteiger charge is -2.06. The molecule has 3 nitrogen and oxygen atoms in total. The number of hydrogen-bond donors (Lipinski definition) is 2. The number of carbonyl (C=O) groups is 1. The lowest BCUT2D eigenvalue weighted by molar-refractivity contribution is 0.0697. The Balaban J connectivity index is 2.10. The highest BCUT2D eigenvalue weighted by atomic mass is 35.5. The van der Waals surface area contributed by atoms with Crippen molar-refractivity contribution in [1.29, 1.82) is 0 Å². The molecule has 0 saturated heterocycles. The number of benzene rings is 2. The number of carboxylic acid groups (broad SMARTS) is 1. The van der Waals surface area contributed by atoms with Gasteiger partial charge in [-0.25, -0.2) is 4.79 Å². The Kier molecular flexibility index (Phi) is 4.35. The molecule has 2 aromatic rings. The predicted molar refractivity (Wildman–Crippen MR) is 78.8 cm³/mol. The Morgan fingerprint density at radius 2 is 2.05 bits per heavy atom. The van der Waals surface area contributed by atoms with Gasteiger partial charge in [-0.3, -0.25) is 0 Å². The highest BCUT2D eigenvalue weighted by molar-refractivity contribution is 7.98. The van der Waals surface area contributed by atoms with Crippen molar-refractivity contribution in [1.82, 2.24) is 0 Å². The SMILES string of the molecule is Nc1ccc(SCc2cccc(C(=O)O)c2)c(Cl)c1. The Hall–Kier alpha value is -1.65. The van der Waals surface area contributed by atoms with Crippen LogP contribution in [-0.4, -0.2) is 11.1 Å². The van der Waals surface area contributed by atoms with Crippen molar-refractivity contribution in [2.75, 3.05) is 5.73 Å². The molecule has 0 saturated carbocycles. The zero-order valence-corrected chi connectivity index (χ0v) is 11.5. The molecule has 0 heterocycles. The molecule has 5 heteroatoms. The van der Waals surface area contributed by atoms with Crippen molar-refractivity contribution in [3.8, 4) is 0 Å². The lowest BCUT2D eigenvalue weighted by Crippen LogP contribution is -1.96. The van der Waals surface area contributed by atoms with Crippen LogP contribution < -0.4 is 5.73 Å². The van der Waals surface area contributed by atoms with Gasteiger partial charge in [0.25, 0.3) is 0 Å². The topological polar surface area (TPSA) is 63.3 Å². The first-order valence-electron chi connectivity index (χ1n) is 5.56. The van der Waals surface area contributed by atoms with Gasteiger partial charge in [-0.15, -0.1) is 11.8 Å². The molecule has 2 rings (SSSR count). The van der Waals surface area contributed by atoms with Crippen LogP contribution in [0.15, 0.2) is 47.4 Å². The molecule has 0 aliphatic heterocycles. The van der Waals surface area contributed by atoms with E-state index >= 15 is 0 Å². The summed E-state index contributed by atoms with van der Waals surface area (Å²) in [6.07, 6.45) is 0. The third-order valence-corrected chi connectivity index (χ3v) is 4.09.